The van der Waals surface area contributed by atoms with Crippen molar-refractivity contribution in [2.75, 3.05) is 39.5 Å². The Labute approximate surface area is 134 Å². The first-order valence-corrected chi connectivity index (χ1v) is 7.05. The molecule has 2 heterocycles. The monoisotopic (exact) mass is 306 g/mol. The number of rotatable bonds is 5. The van der Waals surface area contributed by atoms with Crippen LogP contribution in [0.3, 0.4) is 0 Å². The van der Waals surface area contributed by atoms with Gasteiger partial charge in [-0.25, -0.2) is 9.00 Å². The molecule has 0 aliphatic carbocycles. The first-order chi connectivity index (χ1) is 8.60. The summed E-state index contributed by atoms with van der Waals surface area (Å²) in [4.78, 5) is 10.6. The Morgan fingerprint density at radius 1 is 1.26 bits per heavy atom. The molecule has 5 N–H and O–H groups in total. The van der Waals surface area contributed by atoms with Crippen LogP contribution in [0.2, 0.25) is 0 Å². The topological polar surface area (TPSA) is 121 Å². The van der Waals surface area contributed by atoms with Gasteiger partial charge in [-0.15, -0.1) is 0 Å². The Balaban J connectivity index is 0.00000180. The molecular weight excluding hydrogens is 287 g/mol. The molecule has 0 spiro atoms. The van der Waals surface area contributed by atoms with Gasteiger partial charge in [-0.3, -0.25) is 0 Å². The van der Waals surface area contributed by atoms with E-state index < -0.39 is 16.7 Å². The number of nitrogens with zero attached hydrogens (tertiary/aromatic N) is 2. The summed E-state index contributed by atoms with van der Waals surface area (Å²) in [5.41, 5.74) is 6.77. The molecule has 0 atom stereocenters. The quantitative estimate of drug-likeness (QED) is 0.202. The summed E-state index contributed by atoms with van der Waals surface area (Å²) >= 11 is 0. The van der Waals surface area contributed by atoms with E-state index in [-0.39, 0.29) is 29.6 Å². The van der Waals surface area contributed by atoms with Crippen LogP contribution >= 0.6 is 0 Å². The number of nitrogens with two attached hydrogens (primary N) is 1. The predicted molar refractivity (Wildman–Crippen MR) is 70.7 cm³/mol. The minimum absolute atomic E-state index is 0. The number of amides is 2. The molecule has 2 fully saturated rings. The van der Waals surface area contributed by atoms with Crippen LogP contribution in [0.4, 0.5) is 4.79 Å². The molecule has 2 aliphatic heterocycles. The molecule has 2 amide bonds. The fraction of sp³-hybridized carbons (Fsp3) is 0.857. The average molecular weight is 306 g/mol. The fourth-order valence-electron chi connectivity index (χ4n) is 1.64. The molecule has 10 nitrogen and oxygen atoms in total. The number of carbonyl (C=O) groups is 1. The van der Waals surface area contributed by atoms with Crippen molar-refractivity contribution in [2.45, 2.75) is 0 Å². The summed E-state index contributed by atoms with van der Waals surface area (Å²) in [5, 5.41) is 7.52. The van der Waals surface area contributed by atoms with Gasteiger partial charge in [-0.1, -0.05) is 0 Å². The molecule has 0 aromatic heterocycles. The summed E-state index contributed by atoms with van der Waals surface area (Å²) in [5.74, 6) is 0. The maximum absolute atomic E-state index is 12.6. The van der Waals surface area contributed by atoms with E-state index >= 15 is 0 Å². The maximum atomic E-state index is 12.6. The molecule has 2 saturated heterocycles. The summed E-state index contributed by atoms with van der Waals surface area (Å²) in [6.07, 6.45) is 0. The van der Waals surface area contributed by atoms with Gasteiger partial charge in [0.05, 0.1) is 13.3 Å². The van der Waals surface area contributed by atoms with Crippen LogP contribution < -0.4 is 21.8 Å². The zero-order chi connectivity index (χ0) is 13.0. The van der Waals surface area contributed by atoms with Crippen LogP contribution in [0.1, 0.15) is 0 Å². The molecule has 108 valence electrons. The second-order valence-corrected chi connectivity index (χ2v) is 5.71. The third-order valence-corrected chi connectivity index (χ3v) is 4.29. The molecule has 0 radical (unpaired) electrons. The number of urea groups is 1. The van der Waals surface area contributed by atoms with Crippen LogP contribution in [0, 0.1) is 0 Å². The molecule has 0 aromatic rings. The average Bonchev–Trinajstić information content (AvgIpc) is 2.98. The second kappa shape index (κ2) is 7.83. The van der Waals surface area contributed by atoms with Crippen molar-refractivity contribution in [3.63, 3.8) is 0 Å². The van der Waals surface area contributed by atoms with Crippen LogP contribution in [0.15, 0.2) is 0 Å². The number of nitrogens with one attached hydrogen (secondary N) is 3. The van der Waals surface area contributed by atoms with E-state index in [2.05, 4.69) is 10.6 Å². The summed E-state index contributed by atoms with van der Waals surface area (Å²) in [7, 11) is -3.63. The molecular formula is C7H19N6NaO4S. The molecule has 0 saturated carbocycles. The molecule has 0 unspecified atom stereocenters. The van der Waals surface area contributed by atoms with Gasteiger partial charge < -0.3 is 16.4 Å². The molecule has 2 rings (SSSR count). The predicted octanol–water partition coefficient (Wildman–Crippen LogP) is -3.64. The number of hydroxylamine groups is 3. The van der Waals surface area contributed by atoms with Crippen LogP contribution in [0.25, 0.3) is 0 Å². The van der Waals surface area contributed by atoms with Gasteiger partial charge in [0, 0.05) is 26.2 Å². The van der Waals surface area contributed by atoms with Crippen molar-refractivity contribution in [1.29, 1.82) is 0 Å². The van der Waals surface area contributed by atoms with Crippen LogP contribution in [-0.2, 0) is 19.2 Å². The van der Waals surface area contributed by atoms with E-state index in [4.69, 9.17) is 14.3 Å². The molecule has 0 aromatic carbocycles. The van der Waals surface area contributed by atoms with Gasteiger partial charge in [0.2, 0.25) is 0 Å². The van der Waals surface area contributed by atoms with Crippen molar-refractivity contribution in [3.05, 3.63) is 0 Å². The zero-order valence-electron chi connectivity index (χ0n) is 9.79. The van der Waals surface area contributed by atoms with Gasteiger partial charge in [-0.2, -0.15) is 23.4 Å². The third kappa shape index (κ3) is 4.90. The van der Waals surface area contributed by atoms with E-state index in [0.717, 1.165) is 6.54 Å². The SMILES string of the molecule is NC(=O)NO[SH](=O)(ON1CCNC1)N1CCNC1.[NaH]. The van der Waals surface area contributed by atoms with Gasteiger partial charge >= 0.3 is 35.6 Å². The first kappa shape index (κ1) is 17.2. The minimum atomic E-state index is -3.63. The Morgan fingerprint density at radius 3 is 2.47 bits per heavy atom. The van der Waals surface area contributed by atoms with Crippen molar-refractivity contribution in [2.24, 2.45) is 5.73 Å². The van der Waals surface area contributed by atoms with Crippen LogP contribution in [-0.4, -0.2) is 88.7 Å². The zero-order valence-corrected chi connectivity index (χ0v) is 10.7. The molecule has 19 heavy (non-hydrogen) atoms. The summed E-state index contributed by atoms with van der Waals surface area (Å²) < 4.78 is 24.3. The Kier molecular flexibility index (Phi) is 7.10. The second-order valence-electron chi connectivity index (χ2n) is 3.86. The Bertz CT molecular complexity index is 348. The van der Waals surface area contributed by atoms with Gasteiger partial charge in [0.1, 0.15) is 0 Å². The van der Waals surface area contributed by atoms with Crippen molar-refractivity contribution >= 4 is 46.3 Å². The molecule has 0 bridgehead atoms. The van der Waals surface area contributed by atoms with Crippen molar-refractivity contribution in [1.82, 2.24) is 25.5 Å². The number of carbonyl (C=O) groups excluding carboxylic acids is 1. The number of primary amides is 1. The standard InChI is InChI=1S/C7H18N6O4S.Na.H/c8-7(14)11-16-18(15,13-4-2-10-6-13)17-12-3-1-9-5-12;;/h9-10,18H,1-6H2,(H3,8,11,14);;. The fourth-order valence-corrected chi connectivity index (χ4v) is 3.14. The van der Waals surface area contributed by atoms with Crippen molar-refractivity contribution in [3.8, 4) is 0 Å². The van der Waals surface area contributed by atoms with Gasteiger partial charge in [0.15, 0.2) is 10.7 Å². The molecule has 12 heteroatoms. The van der Waals surface area contributed by atoms with E-state index in [1.165, 1.54) is 9.37 Å². The van der Waals surface area contributed by atoms with E-state index in [0.29, 0.717) is 33.0 Å². The molecule has 2 aliphatic rings. The number of hydrogen-bond donors (Lipinski definition) is 5. The first-order valence-electron chi connectivity index (χ1n) is 5.56. The van der Waals surface area contributed by atoms with Crippen molar-refractivity contribution < 1.29 is 17.6 Å². The number of hydrogen-bond acceptors (Lipinski definition) is 7. The van der Waals surface area contributed by atoms with Crippen LogP contribution in [0.5, 0.6) is 0 Å². The normalized spacial score (nSPS) is 22.1. The van der Waals surface area contributed by atoms with E-state index in [1.54, 1.807) is 0 Å². The third-order valence-electron chi connectivity index (χ3n) is 2.49. The summed E-state index contributed by atoms with van der Waals surface area (Å²) in [6, 6.07) is -0.925. The van der Waals surface area contributed by atoms with Gasteiger partial charge in [0.25, 0.3) is 0 Å². The summed E-state index contributed by atoms with van der Waals surface area (Å²) in [6.45, 7) is 3.31. The Morgan fingerprint density at radius 2 is 1.95 bits per heavy atom. The number of thiol groups is 1. The van der Waals surface area contributed by atoms with E-state index in [9.17, 15) is 9.00 Å². The van der Waals surface area contributed by atoms with Gasteiger partial charge in [-0.05, 0) is 0 Å². The Hall–Kier alpha value is 0.180. The van der Waals surface area contributed by atoms with E-state index in [1.807, 2.05) is 5.48 Å².